The third kappa shape index (κ3) is 3.12. The molecule has 1 aromatic rings. The summed E-state index contributed by atoms with van der Waals surface area (Å²) >= 11 is 6.48. The summed E-state index contributed by atoms with van der Waals surface area (Å²) in [5.41, 5.74) is 0.0953. The van der Waals surface area contributed by atoms with Gasteiger partial charge in [-0.1, -0.05) is 29.8 Å². The molecule has 5 nitrogen and oxygen atoms in total. The van der Waals surface area contributed by atoms with E-state index in [1.54, 1.807) is 0 Å². The molecule has 3 saturated heterocycles. The van der Waals surface area contributed by atoms with Crippen molar-refractivity contribution in [3.63, 3.8) is 0 Å². The highest BCUT2D eigenvalue weighted by atomic mass is 35.5. The van der Waals surface area contributed by atoms with Crippen molar-refractivity contribution in [2.24, 2.45) is 5.92 Å². The van der Waals surface area contributed by atoms with Crippen molar-refractivity contribution in [2.45, 2.75) is 43.6 Å². The lowest BCUT2D eigenvalue weighted by Gasteiger charge is -2.31. The minimum Gasteiger partial charge on any atom is -0.381 e. The molecule has 0 saturated carbocycles. The number of nitrogens with one attached hydrogen (secondary N) is 1. The van der Waals surface area contributed by atoms with Crippen LogP contribution in [0.25, 0.3) is 0 Å². The summed E-state index contributed by atoms with van der Waals surface area (Å²) in [6, 6.07) is 7.70. The van der Waals surface area contributed by atoms with Gasteiger partial charge in [0.25, 0.3) is 0 Å². The minimum atomic E-state index is -0.746. The smallest absolute Gasteiger partial charge is 0.232 e. The van der Waals surface area contributed by atoms with E-state index in [0.29, 0.717) is 36.9 Å². The van der Waals surface area contributed by atoms with Crippen molar-refractivity contribution in [3.05, 3.63) is 34.9 Å². The van der Waals surface area contributed by atoms with Crippen LogP contribution >= 0.6 is 11.6 Å². The van der Waals surface area contributed by atoms with Crippen molar-refractivity contribution < 1.29 is 14.3 Å². The van der Waals surface area contributed by atoms with Gasteiger partial charge >= 0.3 is 0 Å². The summed E-state index contributed by atoms with van der Waals surface area (Å²) in [6.07, 6.45) is 4.03. The minimum absolute atomic E-state index is 0.000656. The number of amides is 2. The van der Waals surface area contributed by atoms with Crippen LogP contribution in [-0.2, 0) is 19.7 Å². The lowest BCUT2D eigenvalue weighted by molar-refractivity contribution is -0.129. The van der Waals surface area contributed by atoms with Crippen LogP contribution in [0, 0.1) is 5.92 Å². The van der Waals surface area contributed by atoms with Gasteiger partial charge < -0.3 is 15.0 Å². The van der Waals surface area contributed by atoms with Gasteiger partial charge in [-0.25, -0.2) is 0 Å². The Morgan fingerprint density at radius 3 is 2.77 bits per heavy atom. The third-order valence-electron chi connectivity index (χ3n) is 6.19. The molecule has 0 unspecified atom stereocenters. The Morgan fingerprint density at radius 2 is 2.04 bits per heavy atom. The fourth-order valence-corrected chi connectivity index (χ4v) is 4.98. The quantitative estimate of drug-likeness (QED) is 0.878. The first-order valence-electron chi connectivity index (χ1n) is 9.51. The van der Waals surface area contributed by atoms with Crippen LogP contribution < -0.4 is 5.32 Å². The van der Waals surface area contributed by atoms with E-state index in [-0.39, 0.29) is 17.9 Å². The molecule has 3 heterocycles. The van der Waals surface area contributed by atoms with Gasteiger partial charge in [-0.2, -0.15) is 0 Å². The second-order valence-electron chi connectivity index (χ2n) is 7.75. The van der Waals surface area contributed by atoms with Crippen LogP contribution in [0.3, 0.4) is 0 Å². The van der Waals surface area contributed by atoms with Crippen LogP contribution in [0.2, 0.25) is 5.02 Å². The number of carbonyl (C=O) groups excluding carboxylic acids is 2. The van der Waals surface area contributed by atoms with E-state index in [4.69, 9.17) is 16.3 Å². The molecule has 140 valence electrons. The highest BCUT2D eigenvalue weighted by Gasteiger charge is 2.54. The molecule has 26 heavy (non-hydrogen) atoms. The number of hydrogen-bond donors (Lipinski definition) is 1. The van der Waals surface area contributed by atoms with E-state index in [9.17, 15) is 9.59 Å². The average Bonchev–Trinajstić information content (AvgIpc) is 3.21. The molecule has 0 bridgehead atoms. The molecule has 4 rings (SSSR count). The number of hydrogen-bond acceptors (Lipinski definition) is 3. The highest BCUT2D eigenvalue weighted by Crippen LogP contribution is 2.45. The Labute approximate surface area is 159 Å². The first kappa shape index (κ1) is 17.8. The molecule has 3 fully saturated rings. The van der Waals surface area contributed by atoms with Crippen molar-refractivity contribution in [1.29, 1.82) is 0 Å². The van der Waals surface area contributed by atoms with Crippen LogP contribution in [0.15, 0.2) is 24.3 Å². The number of ether oxygens (including phenoxy) is 1. The van der Waals surface area contributed by atoms with Gasteiger partial charge in [0.1, 0.15) is 0 Å². The summed E-state index contributed by atoms with van der Waals surface area (Å²) in [6.45, 7) is 2.62. The van der Waals surface area contributed by atoms with Crippen LogP contribution in [-0.4, -0.2) is 49.1 Å². The Hall–Kier alpha value is -1.59. The fraction of sp³-hybridized carbons (Fsp3) is 0.600. The maximum absolute atomic E-state index is 13.4. The van der Waals surface area contributed by atoms with Crippen molar-refractivity contribution >= 4 is 23.4 Å². The number of carbonyl (C=O) groups is 2. The van der Waals surface area contributed by atoms with E-state index in [1.807, 2.05) is 29.2 Å². The predicted octanol–water partition coefficient (Wildman–Crippen LogP) is 2.52. The first-order valence-corrected chi connectivity index (χ1v) is 9.88. The second-order valence-corrected chi connectivity index (χ2v) is 8.15. The Morgan fingerprint density at radius 1 is 1.27 bits per heavy atom. The van der Waals surface area contributed by atoms with Crippen LogP contribution in [0.5, 0.6) is 0 Å². The van der Waals surface area contributed by atoms with Gasteiger partial charge in [0.2, 0.25) is 11.8 Å². The van der Waals surface area contributed by atoms with Crippen LogP contribution in [0.4, 0.5) is 0 Å². The maximum Gasteiger partial charge on any atom is 0.232 e. The molecule has 3 aliphatic heterocycles. The van der Waals surface area contributed by atoms with Gasteiger partial charge in [0, 0.05) is 43.8 Å². The molecule has 0 aliphatic carbocycles. The third-order valence-corrected chi connectivity index (χ3v) is 6.52. The fourth-order valence-electron chi connectivity index (χ4n) is 4.67. The maximum atomic E-state index is 13.4. The Balaban J connectivity index is 1.58. The SMILES string of the molecule is O=C1CC[C@H]2C[C@@](C(=O)NCC3CCOCC3)(c3ccccc3Cl)CN12. The lowest BCUT2D eigenvalue weighted by Crippen LogP contribution is -2.48. The molecule has 0 radical (unpaired) electrons. The van der Waals surface area contributed by atoms with Crippen molar-refractivity contribution in [1.82, 2.24) is 10.2 Å². The molecular formula is C20H25ClN2O3. The number of rotatable bonds is 4. The lowest BCUT2D eigenvalue weighted by atomic mass is 9.76. The largest absolute Gasteiger partial charge is 0.381 e. The Bertz CT molecular complexity index is 704. The monoisotopic (exact) mass is 376 g/mol. The van der Waals surface area contributed by atoms with E-state index >= 15 is 0 Å². The predicted molar refractivity (Wildman–Crippen MR) is 99.0 cm³/mol. The normalized spacial score (nSPS) is 29.0. The zero-order valence-electron chi connectivity index (χ0n) is 14.9. The molecule has 1 N–H and O–H groups in total. The molecule has 1 aromatic carbocycles. The number of benzene rings is 1. The molecule has 6 heteroatoms. The van der Waals surface area contributed by atoms with E-state index < -0.39 is 5.41 Å². The van der Waals surface area contributed by atoms with Gasteiger partial charge in [-0.15, -0.1) is 0 Å². The zero-order chi connectivity index (χ0) is 18.1. The van der Waals surface area contributed by atoms with Gasteiger partial charge in [-0.3, -0.25) is 9.59 Å². The molecule has 0 aromatic heterocycles. The zero-order valence-corrected chi connectivity index (χ0v) is 15.6. The van der Waals surface area contributed by atoms with Crippen molar-refractivity contribution in [3.8, 4) is 0 Å². The van der Waals surface area contributed by atoms with Gasteiger partial charge in [-0.05, 0) is 43.2 Å². The summed E-state index contributed by atoms with van der Waals surface area (Å²) in [5, 5.41) is 3.77. The highest BCUT2D eigenvalue weighted by molar-refractivity contribution is 6.31. The van der Waals surface area contributed by atoms with Gasteiger partial charge in [0.05, 0.1) is 5.41 Å². The molecular weight excluding hydrogens is 352 g/mol. The summed E-state index contributed by atoms with van der Waals surface area (Å²) in [4.78, 5) is 27.5. The van der Waals surface area contributed by atoms with Crippen molar-refractivity contribution in [2.75, 3.05) is 26.3 Å². The second kappa shape index (κ2) is 7.20. The molecule has 2 amide bonds. The van der Waals surface area contributed by atoms with Crippen LogP contribution in [0.1, 0.15) is 37.7 Å². The number of nitrogens with zero attached hydrogens (tertiary/aromatic N) is 1. The van der Waals surface area contributed by atoms with E-state index in [1.165, 1.54) is 0 Å². The summed E-state index contributed by atoms with van der Waals surface area (Å²) in [5.74, 6) is 0.610. The van der Waals surface area contributed by atoms with E-state index in [2.05, 4.69) is 5.32 Å². The van der Waals surface area contributed by atoms with E-state index in [0.717, 1.165) is 38.0 Å². The summed E-state index contributed by atoms with van der Waals surface area (Å²) in [7, 11) is 0. The standard InChI is InChI=1S/C20H25ClN2O3/c21-17-4-2-1-3-16(17)20(11-15-5-6-18(24)23(15)13-20)19(25)22-12-14-7-9-26-10-8-14/h1-4,14-15H,5-13H2,(H,22,25)/t15-,20-/m0/s1. The average molecular weight is 377 g/mol. The number of halogens is 1. The Kier molecular flexibility index (Phi) is 4.93. The molecule has 2 atom stereocenters. The first-order chi connectivity index (χ1) is 12.6. The van der Waals surface area contributed by atoms with Gasteiger partial charge in [0.15, 0.2) is 0 Å². The number of fused-ring (bicyclic) bond motifs is 1. The molecule has 0 spiro atoms. The molecule has 3 aliphatic rings. The topological polar surface area (TPSA) is 58.6 Å². The summed E-state index contributed by atoms with van der Waals surface area (Å²) < 4.78 is 5.40.